The molecule has 1 fully saturated rings. The van der Waals surface area contributed by atoms with Crippen molar-refractivity contribution in [3.63, 3.8) is 0 Å². The van der Waals surface area contributed by atoms with Gasteiger partial charge in [0.05, 0.1) is 15.6 Å². The molecule has 0 spiro atoms. The number of hydrogen-bond acceptors (Lipinski definition) is 4. The Morgan fingerprint density at radius 3 is 2.38 bits per heavy atom. The maximum Gasteiger partial charge on any atom is 0.243 e. The van der Waals surface area contributed by atoms with E-state index in [1.165, 1.54) is 10.4 Å². The van der Waals surface area contributed by atoms with Crippen LogP contribution in [0, 0.1) is 6.92 Å². The molecule has 1 aromatic carbocycles. The molecule has 1 saturated heterocycles. The SMILES string of the molecule is CCCN1CCN(S(=O)(=O)c2cc(C)c(Cl)c(N)c2)CC1. The van der Waals surface area contributed by atoms with Crippen LogP contribution in [0.25, 0.3) is 0 Å². The highest BCUT2D eigenvalue weighted by Crippen LogP contribution is 2.28. The lowest BCUT2D eigenvalue weighted by atomic mass is 10.2. The third-order valence-corrected chi connectivity index (χ3v) is 6.16. The molecule has 0 amide bonds. The number of aryl methyl sites for hydroxylation is 1. The van der Waals surface area contributed by atoms with E-state index in [4.69, 9.17) is 17.3 Å². The van der Waals surface area contributed by atoms with Crippen LogP contribution < -0.4 is 5.73 Å². The summed E-state index contributed by atoms with van der Waals surface area (Å²) in [6.45, 7) is 7.48. The van der Waals surface area contributed by atoms with Crippen LogP contribution in [0.1, 0.15) is 18.9 Å². The zero-order chi connectivity index (χ0) is 15.6. The fourth-order valence-corrected chi connectivity index (χ4v) is 4.22. The molecule has 21 heavy (non-hydrogen) atoms. The van der Waals surface area contributed by atoms with E-state index < -0.39 is 10.0 Å². The Morgan fingerprint density at radius 1 is 1.24 bits per heavy atom. The molecule has 1 aliphatic rings. The number of hydrogen-bond donors (Lipinski definition) is 1. The lowest BCUT2D eigenvalue weighted by Gasteiger charge is -2.33. The summed E-state index contributed by atoms with van der Waals surface area (Å²) in [5, 5.41) is 0.418. The molecule has 0 aromatic heterocycles. The second-order valence-electron chi connectivity index (χ2n) is 5.39. The number of nitrogens with zero attached hydrogens (tertiary/aromatic N) is 2. The number of anilines is 1. The van der Waals surface area contributed by atoms with Gasteiger partial charge in [-0.05, 0) is 37.6 Å². The molecule has 1 heterocycles. The van der Waals surface area contributed by atoms with E-state index in [-0.39, 0.29) is 4.90 Å². The molecule has 0 aliphatic carbocycles. The molecular formula is C14H22ClN3O2S. The Balaban J connectivity index is 2.20. The number of rotatable bonds is 4. The van der Waals surface area contributed by atoms with Gasteiger partial charge in [-0.25, -0.2) is 8.42 Å². The monoisotopic (exact) mass is 331 g/mol. The normalized spacial score (nSPS) is 18.0. The number of nitrogens with two attached hydrogens (primary N) is 1. The first-order chi connectivity index (χ1) is 9.86. The quantitative estimate of drug-likeness (QED) is 0.856. The fourth-order valence-electron chi connectivity index (χ4n) is 2.57. The summed E-state index contributed by atoms with van der Waals surface area (Å²) in [4.78, 5) is 2.51. The lowest BCUT2D eigenvalue weighted by molar-refractivity contribution is 0.188. The van der Waals surface area contributed by atoms with Crippen molar-refractivity contribution >= 4 is 27.3 Å². The van der Waals surface area contributed by atoms with Crippen LogP contribution in [0.5, 0.6) is 0 Å². The van der Waals surface area contributed by atoms with Crippen molar-refractivity contribution in [1.82, 2.24) is 9.21 Å². The van der Waals surface area contributed by atoms with Gasteiger partial charge in [0.25, 0.3) is 0 Å². The predicted molar refractivity (Wildman–Crippen MR) is 86.1 cm³/mol. The molecule has 1 aromatic rings. The van der Waals surface area contributed by atoms with E-state index in [0.717, 1.165) is 26.1 Å². The maximum absolute atomic E-state index is 12.7. The van der Waals surface area contributed by atoms with Gasteiger partial charge in [0.15, 0.2) is 0 Å². The second-order valence-corrected chi connectivity index (χ2v) is 7.71. The number of piperazine rings is 1. The molecule has 5 nitrogen and oxygen atoms in total. The van der Waals surface area contributed by atoms with Crippen LogP contribution >= 0.6 is 11.6 Å². The van der Waals surface area contributed by atoms with Gasteiger partial charge in [-0.15, -0.1) is 0 Å². The molecule has 0 saturated carbocycles. The zero-order valence-corrected chi connectivity index (χ0v) is 14.0. The average molecular weight is 332 g/mol. The van der Waals surface area contributed by atoms with Crippen LogP contribution in [0.2, 0.25) is 5.02 Å². The Labute approximate surface area is 131 Å². The van der Waals surface area contributed by atoms with E-state index >= 15 is 0 Å². The molecule has 1 aliphatic heterocycles. The second kappa shape index (κ2) is 6.52. The first-order valence-electron chi connectivity index (χ1n) is 7.14. The highest BCUT2D eigenvalue weighted by molar-refractivity contribution is 7.89. The minimum absolute atomic E-state index is 0.228. The van der Waals surface area contributed by atoms with Crippen LogP contribution in [0.15, 0.2) is 17.0 Å². The minimum atomic E-state index is -3.49. The summed E-state index contributed by atoms with van der Waals surface area (Å²) in [7, 11) is -3.49. The smallest absolute Gasteiger partial charge is 0.243 e. The molecule has 2 rings (SSSR count). The van der Waals surface area contributed by atoms with Crippen molar-refractivity contribution in [2.24, 2.45) is 0 Å². The van der Waals surface area contributed by atoms with E-state index in [1.54, 1.807) is 13.0 Å². The fraction of sp³-hybridized carbons (Fsp3) is 0.571. The Hall–Kier alpha value is -0.820. The summed E-state index contributed by atoms with van der Waals surface area (Å²) in [5.41, 5.74) is 6.77. The first kappa shape index (κ1) is 16.5. The van der Waals surface area contributed by atoms with Gasteiger partial charge >= 0.3 is 0 Å². The minimum Gasteiger partial charge on any atom is -0.397 e. The third-order valence-electron chi connectivity index (χ3n) is 3.77. The Morgan fingerprint density at radius 2 is 1.86 bits per heavy atom. The molecule has 7 heteroatoms. The highest BCUT2D eigenvalue weighted by Gasteiger charge is 2.28. The van der Waals surface area contributed by atoms with Crippen LogP contribution in [0.3, 0.4) is 0 Å². The number of sulfonamides is 1. The van der Waals surface area contributed by atoms with Crippen molar-refractivity contribution in [2.75, 3.05) is 38.5 Å². The van der Waals surface area contributed by atoms with Gasteiger partial charge < -0.3 is 10.6 Å². The maximum atomic E-state index is 12.7. The largest absolute Gasteiger partial charge is 0.397 e. The van der Waals surface area contributed by atoms with Crippen LogP contribution in [-0.4, -0.2) is 50.3 Å². The van der Waals surface area contributed by atoms with Crippen molar-refractivity contribution < 1.29 is 8.42 Å². The Bertz CT molecular complexity index is 588. The average Bonchev–Trinajstić information content (AvgIpc) is 2.45. The van der Waals surface area contributed by atoms with Crippen LogP contribution in [0.4, 0.5) is 5.69 Å². The van der Waals surface area contributed by atoms with E-state index in [1.807, 2.05) is 0 Å². The van der Waals surface area contributed by atoms with Crippen molar-refractivity contribution in [3.8, 4) is 0 Å². The standard InChI is InChI=1S/C14H22ClN3O2S/c1-3-4-17-5-7-18(8-6-17)21(19,20)12-9-11(2)14(15)13(16)10-12/h9-10H,3-8,16H2,1-2H3. The molecule has 0 radical (unpaired) electrons. The van der Waals surface area contributed by atoms with Gasteiger partial charge in [0.2, 0.25) is 10.0 Å². The summed E-state index contributed by atoms with van der Waals surface area (Å²) >= 11 is 6.00. The van der Waals surface area contributed by atoms with Crippen molar-refractivity contribution in [1.29, 1.82) is 0 Å². The van der Waals surface area contributed by atoms with Gasteiger partial charge in [-0.2, -0.15) is 4.31 Å². The van der Waals surface area contributed by atoms with Gasteiger partial charge in [0.1, 0.15) is 0 Å². The summed E-state index contributed by atoms with van der Waals surface area (Å²) in [6.07, 6.45) is 1.08. The zero-order valence-electron chi connectivity index (χ0n) is 12.5. The molecule has 118 valence electrons. The van der Waals surface area contributed by atoms with Gasteiger partial charge in [0, 0.05) is 26.2 Å². The molecule has 0 bridgehead atoms. The Kier molecular flexibility index (Phi) is 5.14. The van der Waals surface area contributed by atoms with Crippen molar-refractivity contribution in [3.05, 3.63) is 22.7 Å². The van der Waals surface area contributed by atoms with E-state index in [9.17, 15) is 8.42 Å². The topological polar surface area (TPSA) is 66.6 Å². The third kappa shape index (κ3) is 3.51. The molecular weight excluding hydrogens is 310 g/mol. The highest BCUT2D eigenvalue weighted by atomic mass is 35.5. The van der Waals surface area contributed by atoms with Crippen LogP contribution in [-0.2, 0) is 10.0 Å². The summed E-state index contributed by atoms with van der Waals surface area (Å²) in [6, 6.07) is 3.04. The van der Waals surface area contributed by atoms with E-state index in [2.05, 4.69) is 11.8 Å². The summed E-state index contributed by atoms with van der Waals surface area (Å²) in [5.74, 6) is 0. The first-order valence-corrected chi connectivity index (χ1v) is 8.96. The lowest BCUT2D eigenvalue weighted by Crippen LogP contribution is -2.48. The summed E-state index contributed by atoms with van der Waals surface area (Å²) < 4.78 is 26.9. The molecule has 0 unspecified atom stereocenters. The van der Waals surface area contributed by atoms with Gasteiger partial charge in [-0.1, -0.05) is 18.5 Å². The number of halogens is 1. The predicted octanol–water partition coefficient (Wildman–Crippen LogP) is 1.95. The van der Waals surface area contributed by atoms with Crippen molar-refractivity contribution in [2.45, 2.75) is 25.2 Å². The molecule has 0 atom stereocenters. The van der Waals surface area contributed by atoms with Gasteiger partial charge in [-0.3, -0.25) is 0 Å². The number of nitrogen functional groups attached to an aromatic ring is 1. The molecule has 2 N–H and O–H groups in total. The number of benzene rings is 1. The van der Waals surface area contributed by atoms with E-state index in [0.29, 0.717) is 29.4 Å².